The van der Waals surface area contributed by atoms with Crippen LogP contribution >= 0.6 is 0 Å². The zero-order valence-electron chi connectivity index (χ0n) is 31.3. The van der Waals surface area contributed by atoms with Crippen LogP contribution in [0.3, 0.4) is 0 Å². The molecule has 292 valence electrons. The number of imidazole rings is 2. The number of nitrogens with zero attached hydrogens (tertiary/aromatic N) is 5. The van der Waals surface area contributed by atoms with E-state index in [2.05, 4.69) is 54.8 Å². The summed E-state index contributed by atoms with van der Waals surface area (Å²) in [5.41, 5.74) is 4.07. The Hall–Kier alpha value is -5.16. The predicted octanol–water partition coefficient (Wildman–Crippen LogP) is 3.25. The molecule has 3 fully saturated rings. The van der Waals surface area contributed by atoms with Crippen molar-refractivity contribution in [3.05, 3.63) is 54.0 Å². The molecular formula is C37H51N9O8. The van der Waals surface area contributed by atoms with Crippen molar-refractivity contribution in [3.63, 3.8) is 0 Å². The van der Waals surface area contributed by atoms with E-state index in [1.807, 2.05) is 6.20 Å². The van der Waals surface area contributed by atoms with E-state index >= 15 is 0 Å². The average molecular weight is 750 g/mol. The van der Waals surface area contributed by atoms with Gasteiger partial charge in [0.2, 0.25) is 11.8 Å². The fourth-order valence-electron chi connectivity index (χ4n) is 7.80. The number of hydrogen-bond acceptors (Lipinski definition) is 11. The molecule has 2 aromatic heterocycles. The fourth-order valence-corrected chi connectivity index (χ4v) is 7.80. The van der Waals surface area contributed by atoms with Crippen molar-refractivity contribution in [1.82, 2.24) is 40.4 Å². The lowest BCUT2D eigenvalue weighted by Gasteiger charge is -2.33. The number of carbonyl (C=O) groups is 4. The Kier molecular flexibility index (Phi) is 12.7. The van der Waals surface area contributed by atoms with Gasteiger partial charge in [0, 0.05) is 63.9 Å². The van der Waals surface area contributed by atoms with Crippen molar-refractivity contribution >= 4 is 29.7 Å². The van der Waals surface area contributed by atoms with Gasteiger partial charge >= 0.3 is 12.2 Å². The Morgan fingerprint density at radius 2 is 1.24 bits per heavy atom. The molecule has 4 amide bonds. The second-order valence-electron chi connectivity index (χ2n) is 13.9. The van der Waals surface area contributed by atoms with E-state index in [4.69, 9.17) is 23.9 Å². The summed E-state index contributed by atoms with van der Waals surface area (Å²) >= 11 is 0. The monoisotopic (exact) mass is 749 g/mol. The van der Waals surface area contributed by atoms with Crippen LogP contribution in [0.25, 0.3) is 11.3 Å². The first kappa shape index (κ1) is 38.6. The minimum absolute atomic E-state index is 0.0353. The lowest BCUT2D eigenvalue weighted by molar-refractivity contribution is -0.136. The van der Waals surface area contributed by atoms with Crippen molar-refractivity contribution in [3.8, 4) is 11.3 Å². The number of benzene rings is 1. The summed E-state index contributed by atoms with van der Waals surface area (Å²) in [6.07, 6.45) is 7.46. The van der Waals surface area contributed by atoms with E-state index in [0.717, 1.165) is 80.1 Å². The molecule has 1 aromatic carbocycles. The van der Waals surface area contributed by atoms with Crippen LogP contribution in [0.15, 0.2) is 36.7 Å². The number of H-pyrrole nitrogens is 2. The largest absolute Gasteiger partial charge is 0.453 e. The number of alkyl carbamates (subject to hydrolysis) is 2. The second-order valence-corrected chi connectivity index (χ2v) is 13.9. The van der Waals surface area contributed by atoms with Crippen LogP contribution in [-0.4, -0.2) is 134 Å². The van der Waals surface area contributed by atoms with Gasteiger partial charge in [-0.3, -0.25) is 9.59 Å². The van der Waals surface area contributed by atoms with E-state index in [1.54, 1.807) is 16.0 Å². The average Bonchev–Trinajstić information content (AvgIpc) is 4.04. The fraction of sp³-hybridized carbons (Fsp3) is 0.568. The molecule has 3 saturated heterocycles. The smallest absolute Gasteiger partial charge is 0.407 e. The van der Waals surface area contributed by atoms with E-state index in [0.29, 0.717) is 24.8 Å². The molecule has 0 bridgehead atoms. The zero-order valence-corrected chi connectivity index (χ0v) is 31.3. The SMILES string of the molecule is COC[C@H](NC(=O)OC)C(=O)N1CCC[C@H]1c1ncc(-c2ccc(N3CCC(c4cnc([C@@H]5CCCN5C(=O)[C@H](COC)NC(=O)OC)[nH]4)CC3)cc2)[nH]1. The Morgan fingerprint density at radius 3 is 1.76 bits per heavy atom. The molecule has 0 saturated carbocycles. The number of nitrogens with one attached hydrogen (secondary N) is 4. The van der Waals surface area contributed by atoms with Gasteiger partial charge in [0.25, 0.3) is 0 Å². The van der Waals surface area contributed by atoms with Gasteiger partial charge in [-0.2, -0.15) is 0 Å². The molecule has 0 aliphatic carbocycles. The lowest BCUT2D eigenvalue weighted by Crippen LogP contribution is -2.50. The molecular weight excluding hydrogens is 698 g/mol. The van der Waals surface area contributed by atoms with Crippen molar-refractivity contribution in [2.75, 3.05) is 72.7 Å². The van der Waals surface area contributed by atoms with Gasteiger partial charge in [-0.15, -0.1) is 0 Å². The Morgan fingerprint density at radius 1 is 0.722 bits per heavy atom. The number of amides is 4. The van der Waals surface area contributed by atoms with Gasteiger partial charge in [0.1, 0.15) is 23.7 Å². The third-order valence-electron chi connectivity index (χ3n) is 10.6. The van der Waals surface area contributed by atoms with Crippen LogP contribution in [0.4, 0.5) is 15.3 Å². The van der Waals surface area contributed by atoms with Crippen LogP contribution in [0, 0.1) is 0 Å². The van der Waals surface area contributed by atoms with Gasteiger partial charge in [-0.1, -0.05) is 12.1 Å². The van der Waals surface area contributed by atoms with Gasteiger partial charge in [-0.05, 0) is 56.2 Å². The van der Waals surface area contributed by atoms with Crippen molar-refractivity contribution < 1.29 is 38.1 Å². The maximum Gasteiger partial charge on any atom is 0.407 e. The molecule has 0 radical (unpaired) electrons. The molecule has 0 spiro atoms. The summed E-state index contributed by atoms with van der Waals surface area (Å²) in [5, 5.41) is 5.16. The molecule has 4 N–H and O–H groups in total. The van der Waals surface area contributed by atoms with Crippen LogP contribution in [0.1, 0.15) is 73.9 Å². The molecule has 0 unspecified atom stereocenters. The molecule has 4 atom stereocenters. The number of anilines is 1. The first-order valence-corrected chi connectivity index (χ1v) is 18.5. The summed E-state index contributed by atoms with van der Waals surface area (Å²) in [4.78, 5) is 72.7. The van der Waals surface area contributed by atoms with Gasteiger partial charge < -0.3 is 54.2 Å². The van der Waals surface area contributed by atoms with Crippen molar-refractivity contribution in [2.45, 2.75) is 68.6 Å². The number of rotatable bonds is 13. The second kappa shape index (κ2) is 17.8. The number of ether oxygens (including phenoxy) is 4. The standard InChI is InChI=1S/C37H51N9O8/c1-51-21-28(42-36(49)53-3)34(47)45-15-5-7-30(45)32-38-19-26(40-32)23-9-11-25(12-10-23)44-17-13-24(14-18-44)27-20-39-33(41-27)31-8-6-16-46(31)35(48)29(22-52-2)43-37(50)54-4/h9-12,19-20,24,28-31H,5-8,13-18,21-22H2,1-4H3,(H,38,40)(H,39,41)(H,42,49)(H,43,50)/t28-,29-,30-,31-/m0/s1. The lowest BCUT2D eigenvalue weighted by atomic mass is 9.93. The Labute approximate surface area is 314 Å². The molecule has 5 heterocycles. The van der Waals surface area contributed by atoms with Crippen LogP contribution in [0.2, 0.25) is 0 Å². The Bertz CT molecular complexity index is 1740. The summed E-state index contributed by atoms with van der Waals surface area (Å²) in [5.74, 6) is 1.34. The third kappa shape index (κ3) is 8.62. The minimum Gasteiger partial charge on any atom is -0.453 e. The van der Waals surface area contributed by atoms with Crippen LogP contribution < -0.4 is 15.5 Å². The molecule has 3 aliphatic heterocycles. The number of aromatic nitrogens is 4. The maximum atomic E-state index is 13.4. The van der Waals surface area contributed by atoms with Gasteiger partial charge in [0.05, 0.1) is 51.4 Å². The van der Waals surface area contributed by atoms with E-state index in [9.17, 15) is 19.2 Å². The van der Waals surface area contributed by atoms with E-state index in [-0.39, 0.29) is 37.1 Å². The number of hydrogen-bond donors (Lipinski definition) is 4. The quantitative estimate of drug-likeness (QED) is 0.200. The topological polar surface area (TPSA) is 196 Å². The summed E-state index contributed by atoms with van der Waals surface area (Å²) in [6.45, 7) is 2.99. The first-order valence-electron chi connectivity index (χ1n) is 18.5. The van der Waals surface area contributed by atoms with E-state index in [1.165, 1.54) is 28.4 Å². The van der Waals surface area contributed by atoms with Crippen LogP contribution in [-0.2, 0) is 28.5 Å². The summed E-state index contributed by atoms with van der Waals surface area (Å²) in [6, 6.07) is 6.29. The number of piperidine rings is 1. The highest BCUT2D eigenvalue weighted by atomic mass is 16.5. The molecule has 17 heteroatoms. The maximum absolute atomic E-state index is 13.4. The molecule has 3 aromatic rings. The minimum atomic E-state index is -0.856. The van der Waals surface area contributed by atoms with Gasteiger partial charge in [0.15, 0.2) is 0 Å². The first-order chi connectivity index (χ1) is 26.2. The predicted molar refractivity (Wildman–Crippen MR) is 197 cm³/mol. The Balaban J connectivity index is 1.04. The number of carbonyl (C=O) groups excluding carboxylic acids is 4. The highest BCUT2D eigenvalue weighted by Gasteiger charge is 2.38. The molecule has 6 rings (SSSR count). The third-order valence-corrected chi connectivity index (χ3v) is 10.6. The molecule has 3 aliphatic rings. The number of methoxy groups -OCH3 is 4. The summed E-state index contributed by atoms with van der Waals surface area (Å²) in [7, 11) is 5.49. The zero-order chi connectivity index (χ0) is 38.2. The van der Waals surface area contributed by atoms with Crippen LogP contribution in [0.5, 0.6) is 0 Å². The molecule has 17 nitrogen and oxygen atoms in total. The normalized spacial score (nSPS) is 20.1. The van der Waals surface area contributed by atoms with Gasteiger partial charge in [-0.25, -0.2) is 19.6 Å². The number of aromatic amines is 2. The number of likely N-dealkylation sites (tertiary alicyclic amines) is 2. The van der Waals surface area contributed by atoms with Crippen molar-refractivity contribution in [1.29, 1.82) is 0 Å². The van der Waals surface area contributed by atoms with Crippen molar-refractivity contribution in [2.24, 2.45) is 0 Å². The summed E-state index contributed by atoms with van der Waals surface area (Å²) < 4.78 is 19.8. The van der Waals surface area contributed by atoms with E-state index < -0.39 is 24.3 Å². The highest BCUT2D eigenvalue weighted by molar-refractivity contribution is 5.87. The highest BCUT2D eigenvalue weighted by Crippen LogP contribution is 2.36. The molecule has 54 heavy (non-hydrogen) atoms.